The van der Waals surface area contributed by atoms with Crippen molar-refractivity contribution in [3.05, 3.63) is 78.2 Å². The number of aromatic nitrogens is 2. The molecule has 3 rings (SSSR count). The zero-order valence-corrected chi connectivity index (χ0v) is 14.8. The predicted molar refractivity (Wildman–Crippen MR) is 104 cm³/mol. The number of anilines is 3. The summed E-state index contributed by atoms with van der Waals surface area (Å²) in [6.45, 7) is 1.81. The Morgan fingerprint density at radius 1 is 0.963 bits per heavy atom. The third kappa shape index (κ3) is 5.37. The smallest absolute Gasteiger partial charge is 0.253 e. The average molecular weight is 361 g/mol. The lowest BCUT2D eigenvalue weighted by molar-refractivity contribution is -0.114. The number of amides is 2. The molecule has 0 bridgehead atoms. The largest absolute Gasteiger partial charge is 0.346 e. The third-order valence-corrected chi connectivity index (χ3v) is 3.64. The topological polar surface area (TPSA) is 96.0 Å². The molecule has 7 heteroatoms. The Morgan fingerprint density at radius 2 is 1.81 bits per heavy atom. The van der Waals surface area contributed by atoms with E-state index in [-0.39, 0.29) is 11.8 Å². The van der Waals surface area contributed by atoms with E-state index in [1.54, 1.807) is 30.5 Å². The van der Waals surface area contributed by atoms with E-state index in [2.05, 4.69) is 25.9 Å². The number of rotatable bonds is 6. The molecule has 1 aromatic carbocycles. The normalized spacial score (nSPS) is 10.1. The quantitative estimate of drug-likeness (QED) is 0.627. The number of hydrogen-bond acceptors (Lipinski definition) is 5. The van der Waals surface area contributed by atoms with Crippen LogP contribution in [0.15, 0.2) is 67.0 Å². The lowest BCUT2D eigenvalue weighted by atomic mass is 10.2. The molecule has 2 amide bonds. The van der Waals surface area contributed by atoms with Gasteiger partial charge in [-0.15, -0.1) is 0 Å². The number of carbonyl (C=O) groups is 2. The molecule has 0 spiro atoms. The Kier molecular flexibility index (Phi) is 5.73. The highest BCUT2D eigenvalue weighted by Crippen LogP contribution is 2.19. The van der Waals surface area contributed by atoms with Crippen molar-refractivity contribution in [3.8, 4) is 0 Å². The maximum Gasteiger partial charge on any atom is 0.253 e. The first-order valence-electron chi connectivity index (χ1n) is 8.39. The van der Waals surface area contributed by atoms with Gasteiger partial charge in [-0.3, -0.25) is 14.6 Å². The van der Waals surface area contributed by atoms with Crippen LogP contribution in [0.5, 0.6) is 0 Å². The summed E-state index contributed by atoms with van der Waals surface area (Å²) in [4.78, 5) is 31.8. The van der Waals surface area contributed by atoms with Crippen molar-refractivity contribution in [2.75, 3.05) is 10.6 Å². The fourth-order valence-corrected chi connectivity index (χ4v) is 2.40. The highest BCUT2D eigenvalue weighted by Gasteiger charge is 2.07. The van der Waals surface area contributed by atoms with Gasteiger partial charge in [0.1, 0.15) is 5.82 Å². The second-order valence-electron chi connectivity index (χ2n) is 5.82. The van der Waals surface area contributed by atoms with E-state index in [4.69, 9.17) is 0 Å². The number of nitrogens with one attached hydrogen (secondary N) is 3. The van der Waals surface area contributed by atoms with Gasteiger partial charge in [0.2, 0.25) is 5.91 Å². The first-order chi connectivity index (χ1) is 13.1. The van der Waals surface area contributed by atoms with Crippen LogP contribution in [0, 0.1) is 0 Å². The fourth-order valence-electron chi connectivity index (χ4n) is 2.40. The second-order valence-corrected chi connectivity index (χ2v) is 5.82. The van der Waals surface area contributed by atoms with Crippen molar-refractivity contribution in [3.63, 3.8) is 0 Å². The monoisotopic (exact) mass is 361 g/mol. The van der Waals surface area contributed by atoms with Crippen LogP contribution in [0.1, 0.15) is 23.0 Å². The Morgan fingerprint density at radius 3 is 2.52 bits per heavy atom. The molecule has 3 aromatic rings. The molecule has 0 unspecified atom stereocenters. The lowest BCUT2D eigenvalue weighted by Gasteiger charge is -2.09. The van der Waals surface area contributed by atoms with Crippen molar-refractivity contribution in [1.29, 1.82) is 0 Å². The van der Waals surface area contributed by atoms with Crippen LogP contribution in [-0.4, -0.2) is 21.8 Å². The Labute approximate surface area is 156 Å². The fraction of sp³-hybridized carbons (Fsp3) is 0.100. The molecule has 136 valence electrons. The standard InChI is InChI=1S/C20H19N5O2/c1-14(26)24-16-6-4-7-17(11-16)25-19-9-8-15(12-22-19)20(27)23-13-18-5-2-3-10-21-18/h2-12H,13H2,1H3,(H,22,25)(H,23,27)(H,24,26). The molecule has 0 saturated carbocycles. The van der Waals surface area contributed by atoms with Crippen molar-refractivity contribution in [2.45, 2.75) is 13.5 Å². The maximum absolute atomic E-state index is 12.2. The molecule has 2 heterocycles. The number of carbonyl (C=O) groups excluding carboxylic acids is 2. The van der Waals surface area contributed by atoms with Gasteiger partial charge in [0.15, 0.2) is 0 Å². The summed E-state index contributed by atoms with van der Waals surface area (Å²) < 4.78 is 0. The van der Waals surface area contributed by atoms with Crippen LogP contribution in [0.4, 0.5) is 17.2 Å². The van der Waals surface area contributed by atoms with Gasteiger partial charge in [-0.25, -0.2) is 4.98 Å². The van der Waals surface area contributed by atoms with Gasteiger partial charge in [-0.1, -0.05) is 12.1 Å². The molecule has 0 radical (unpaired) electrons. The molecule has 0 aliphatic carbocycles. The summed E-state index contributed by atoms with van der Waals surface area (Å²) in [5.74, 6) is 0.245. The van der Waals surface area contributed by atoms with Gasteiger partial charge < -0.3 is 16.0 Å². The van der Waals surface area contributed by atoms with Gasteiger partial charge in [0, 0.05) is 30.7 Å². The van der Waals surface area contributed by atoms with E-state index in [0.717, 1.165) is 11.4 Å². The molecule has 0 aliphatic rings. The van der Waals surface area contributed by atoms with E-state index in [9.17, 15) is 9.59 Å². The van der Waals surface area contributed by atoms with Crippen molar-refractivity contribution in [1.82, 2.24) is 15.3 Å². The summed E-state index contributed by atoms with van der Waals surface area (Å²) in [6, 6.07) is 16.3. The highest BCUT2D eigenvalue weighted by molar-refractivity contribution is 5.94. The maximum atomic E-state index is 12.2. The second kappa shape index (κ2) is 8.57. The van der Waals surface area contributed by atoms with Gasteiger partial charge >= 0.3 is 0 Å². The van der Waals surface area contributed by atoms with Gasteiger partial charge in [-0.2, -0.15) is 0 Å². The zero-order chi connectivity index (χ0) is 19.1. The summed E-state index contributed by atoms with van der Waals surface area (Å²) in [5.41, 5.74) is 2.72. The summed E-state index contributed by atoms with van der Waals surface area (Å²) in [7, 11) is 0. The van der Waals surface area contributed by atoms with E-state index in [1.165, 1.54) is 13.1 Å². The first-order valence-corrected chi connectivity index (χ1v) is 8.39. The molecule has 3 N–H and O–H groups in total. The molecular formula is C20H19N5O2. The van der Waals surface area contributed by atoms with Crippen molar-refractivity contribution in [2.24, 2.45) is 0 Å². The van der Waals surface area contributed by atoms with Crippen molar-refractivity contribution >= 4 is 29.0 Å². The van der Waals surface area contributed by atoms with Crippen LogP contribution in [-0.2, 0) is 11.3 Å². The van der Waals surface area contributed by atoms with E-state index in [1.807, 2.05) is 30.3 Å². The molecule has 2 aromatic heterocycles. The summed E-state index contributed by atoms with van der Waals surface area (Å²) in [5, 5.41) is 8.67. The minimum atomic E-state index is -0.215. The number of benzene rings is 1. The zero-order valence-electron chi connectivity index (χ0n) is 14.8. The van der Waals surface area contributed by atoms with E-state index < -0.39 is 0 Å². The third-order valence-electron chi connectivity index (χ3n) is 3.64. The molecule has 7 nitrogen and oxygen atoms in total. The summed E-state index contributed by atoms with van der Waals surface area (Å²) >= 11 is 0. The highest BCUT2D eigenvalue weighted by atomic mass is 16.2. The lowest BCUT2D eigenvalue weighted by Crippen LogP contribution is -2.23. The van der Waals surface area contributed by atoms with Gasteiger partial charge in [-0.05, 0) is 42.5 Å². The minimum Gasteiger partial charge on any atom is -0.346 e. The minimum absolute atomic E-state index is 0.133. The molecule has 27 heavy (non-hydrogen) atoms. The average Bonchev–Trinajstić information content (AvgIpc) is 2.67. The molecule has 0 aliphatic heterocycles. The van der Waals surface area contributed by atoms with Crippen molar-refractivity contribution < 1.29 is 9.59 Å². The predicted octanol–water partition coefficient (Wildman–Crippen LogP) is 3.11. The molecule has 0 atom stereocenters. The molecular weight excluding hydrogens is 342 g/mol. The van der Waals surface area contributed by atoms with Crippen LogP contribution in [0.25, 0.3) is 0 Å². The SMILES string of the molecule is CC(=O)Nc1cccc(Nc2ccc(C(=O)NCc3ccccn3)cn2)c1. The van der Waals surface area contributed by atoms with Gasteiger partial charge in [0.05, 0.1) is 17.8 Å². The Bertz CT molecular complexity index is 927. The molecule has 0 fully saturated rings. The Balaban J connectivity index is 1.60. The number of nitrogens with zero attached hydrogens (tertiary/aromatic N) is 2. The first kappa shape index (κ1) is 18.1. The van der Waals surface area contributed by atoms with E-state index in [0.29, 0.717) is 23.6 Å². The van der Waals surface area contributed by atoms with Crippen LogP contribution in [0.3, 0.4) is 0 Å². The van der Waals surface area contributed by atoms with E-state index >= 15 is 0 Å². The number of pyridine rings is 2. The van der Waals surface area contributed by atoms with Crippen LogP contribution in [0.2, 0.25) is 0 Å². The van der Waals surface area contributed by atoms with Crippen LogP contribution < -0.4 is 16.0 Å². The molecule has 0 saturated heterocycles. The number of hydrogen-bond donors (Lipinski definition) is 3. The van der Waals surface area contributed by atoms with Gasteiger partial charge in [0.25, 0.3) is 5.91 Å². The Hall–Kier alpha value is -3.74. The van der Waals surface area contributed by atoms with Crippen LogP contribution >= 0.6 is 0 Å². The summed E-state index contributed by atoms with van der Waals surface area (Å²) in [6.07, 6.45) is 3.19.